The molecule has 0 heterocycles. The van der Waals surface area contributed by atoms with Crippen LogP contribution in [-0.4, -0.2) is 29.5 Å². The highest BCUT2D eigenvalue weighted by Gasteiger charge is 2.28. The van der Waals surface area contributed by atoms with Crippen molar-refractivity contribution in [2.75, 3.05) is 12.3 Å². The van der Waals surface area contributed by atoms with E-state index in [1.807, 2.05) is 36.0 Å². The number of benzene rings is 1. The van der Waals surface area contributed by atoms with Crippen LogP contribution in [0.1, 0.15) is 42.1 Å². The number of nitrogens with two attached hydrogens (primary N) is 1. The van der Waals surface area contributed by atoms with Crippen molar-refractivity contribution in [1.82, 2.24) is 5.32 Å². The zero-order chi connectivity index (χ0) is 15.1. The van der Waals surface area contributed by atoms with Gasteiger partial charge in [-0.15, -0.1) is 0 Å². The van der Waals surface area contributed by atoms with Gasteiger partial charge in [0, 0.05) is 16.9 Å². The molecule has 0 spiro atoms. The minimum absolute atomic E-state index is 0.0227. The zero-order valence-corrected chi connectivity index (χ0v) is 13.2. The summed E-state index contributed by atoms with van der Waals surface area (Å²) in [5.41, 5.74) is 6.80. The highest BCUT2D eigenvalue weighted by molar-refractivity contribution is 7.99. The predicted molar refractivity (Wildman–Crippen MR) is 89.4 cm³/mol. The van der Waals surface area contributed by atoms with Gasteiger partial charge in [-0.2, -0.15) is 11.8 Å². The van der Waals surface area contributed by atoms with Crippen molar-refractivity contribution in [3.63, 3.8) is 0 Å². The average molecular weight is 302 g/mol. The van der Waals surface area contributed by atoms with Gasteiger partial charge in [-0.05, 0) is 30.7 Å². The lowest BCUT2D eigenvalue weighted by Crippen LogP contribution is -2.39. The Labute approximate surface area is 131 Å². The van der Waals surface area contributed by atoms with Crippen LogP contribution < -0.4 is 11.1 Å². The van der Waals surface area contributed by atoms with Gasteiger partial charge >= 0.3 is 0 Å². The van der Waals surface area contributed by atoms with E-state index >= 15 is 0 Å². The van der Waals surface area contributed by atoms with Crippen LogP contribution in [0.15, 0.2) is 24.3 Å². The summed E-state index contributed by atoms with van der Waals surface area (Å²) in [6.45, 7) is 2.47. The third-order valence-electron chi connectivity index (χ3n) is 3.65. The molecule has 1 aromatic rings. The molecule has 0 aromatic heterocycles. The summed E-state index contributed by atoms with van der Waals surface area (Å²) in [7, 11) is 0. The summed E-state index contributed by atoms with van der Waals surface area (Å²) in [4.78, 5) is 12.5. The van der Waals surface area contributed by atoms with Crippen LogP contribution in [-0.2, 0) is 0 Å². The molecule has 21 heavy (non-hydrogen) atoms. The second kappa shape index (κ2) is 8.11. The second-order valence-corrected chi connectivity index (χ2v) is 6.57. The number of thioether (sulfide) groups is 1. The first-order valence-electron chi connectivity index (χ1n) is 7.46. The van der Waals surface area contributed by atoms with Gasteiger partial charge in [0.25, 0.3) is 5.91 Å². The molecule has 1 amide bonds. The van der Waals surface area contributed by atoms with E-state index in [1.165, 1.54) is 12.8 Å². The molecule has 0 aliphatic heterocycles. The molecule has 1 fully saturated rings. The fourth-order valence-corrected chi connectivity index (χ4v) is 3.89. The maximum absolute atomic E-state index is 12.5. The van der Waals surface area contributed by atoms with Crippen LogP contribution in [0.5, 0.6) is 0 Å². The van der Waals surface area contributed by atoms with Gasteiger partial charge < -0.3 is 11.1 Å². The highest BCUT2D eigenvalue weighted by Crippen LogP contribution is 2.30. The lowest BCUT2D eigenvalue weighted by molar-refractivity contribution is 0.0938. The Morgan fingerprint density at radius 2 is 2.24 bits per heavy atom. The van der Waals surface area contributed by atoms with Gasteiger partial charge in [0.05, 0.1) is 12.1 Å². The number of carbonyl (C=O) groups excluding carboxylic acids is 1. The maximum Gasteiger partial charge on any atom is 0.252 e. The molecule has 4 heteroatoms. The average Bonchev–Trinajstić information content (AvgIpc) is 2.93. The number of amides is 1. The molecule has 1 aliphatic carbocycles. The summed E-state index contributed by atoms with van der Waals surface area (Å²) >= 11 is 1.94. The molecule has 1 saturated carbocycles. The molecular formula is C17H22N2OS. The minimum atomic E-state index is -0.0227. The smallest absolute Gasteiger partial charge is 0.252 e. The molecule has 112 valence electrons. The Hall–Kier alpha value is -1.44. The molecule has 3 nitrogen and oxygen atoms in total. The fourth-order valence-electron chi connectivity index (χ4n) is 2.69. The number of hydrogen-bond acceptors (Lipinski definition) is 3. The van der Waals surface area contributed by atoms with E-state index < -0.39 is 0 Å². The van der Waals surface area contributed by atoms with Crippen molar-refractivity contribution in [2.45, 2.75) is 37.5 Å². The summed E-state index contributed by atoms with van der Waals surface area (Å²) in [6.07, 6.45) is 3.45. The van der Waals surface area contributed by atoms with E-state index in [4.69, 9.17) is 5.73 Å². The van der Waals surface area contributed by atoms with E-state index in [0.29, 0.717) is 17.4 Å². The van der Waals surface area contributed by atoms with E-state index in [2.05, 4.69) is 24.1 Å². The van der Waals surface area contributed by atoms with Crippen molar-refractivity contribution < 1.29 is 4.79 Å². The molecule has 1 aromatic carbocycles. The fraction of sp³-hybridized carbons (Fsp3) is 0.471. The third-order valence-corrected chi connectivity index (χ3v) is 4.97. The van der Waals surface area contributed by atoms with Crippen molar-refractivity contribution >= 4 is 17.7 Å². The molecule has 0 saturated heterocycles. The van der Waals surface area contributed by atoms with Crippen molar-refractivity contribution in [3.8, 4) is 11.8 Å². The van der Waals surface area contributed by atoms with Gasteiger partial charge in [-0.25, -0.2) is 0 Å². The lowest BCUT2D eigenvalue weighted by Gasteiger charge is -2.20. The van der Waals surface area contributed by atoms with Gasteiger partial charge in [0.2, 0.25) is 0 Å². The number of rotatable bonds is 4. The maximum atomic E-state index is 12.5. The molecule has 3 N–H and O–H groups in total. The Morgan fingerprint density at radius 3 is 3.00 bits per heavy atom. The molecular weight excluding hydrogens is 280 g/mol. The van der Waals surface area contributed by atoms with Crippen LogP contribution in [0, 0.1) is 11.8 Å². The van der Waals surface area contributed by atoms with Crippen molar-refractivity contribution in [1.29, 1.82) is 0 Å². The summed E-state index contributed by atoms with van der Waals surface area (Å²) in [5, 5.41) is 3.73. The Kier molecular flexibility index (Phi) is 6.16. The minimum Gasteiger partial charge on any atom is -0.348 e. The summed E-state index contributed by atoms with van der Waals surface area (Å²) < 4.78 is 0. The number of nitrogens with one attached hydrogen (secondary N) is 1. The van der Waals surface area contributed by atoms with E-state index in [1.54, 1.807) is 0 Å². The quantitative estimate of drug-likeness (QED) is 0.840. The van der Waals surface area contributed by atoms with Crippen LogP contribution in [0.2, 0.25) is 0 Å². The summed E-state index contributed by atoms with van der Waals surface area (Å²) in [6, 6.07) is 7.73. The normalized spacial score (nSPS) is 20.7. The summed E-state index contributed by atoms with van der Waals surface area (Å²) in [5.74, 6) is 6.86. The van der Waals surface area contributed by atoms with Gasteiger partial charge in [0.15, 0.2) is 0 Å². The Balaban J connectivity index is 2.10. The molecule has 0 bridgehead atoms. The van der Waals surface area contributed by atoms with Crippen LogP contribution >= 0.6 is 11.8 Å². The Bertz CT molecular complexity index is 547. The monoisotopic (exact) mass is 302 g/mol. The van der Waals surface area contributed by atoms with Crippen molar-refractivity contribution in [3.05, 3.63) is 35.4 Å². The Morgan fingerprint density at radius 1 is 1.43 bits per heavy atom. The standard InChI is InChI=1S/C17H22N2OS/c1-2-21-16-11-5-10-15(16)19-17(20)14-9-4-3-7-13(14)8-6-12-18/h3-4,7,9,15-16H,2,5,10-12,18H2,1H3,(H,19,20). The van der Waals surface area contributed by atoms with E-state index in [-0.39, 0.29) is 11.9 Å². The first-order valence-corrected chi connectivity index (χ1v) is 8.51. The van der Waals surface area contributed by atoms with E-state index in [0.717, 1.165) is 17.7 Å². The van der Waals surface area contributed by atoms with Gasteiger partial charge in [-0.1, -0.05) is 37.3 Å². The lowest BCUT2D eigenvalue weighted by atomic mass is 10.1. The molecule has 1 aliphatic rings. The molecule has 0 radical (unpaired) electrons. The predicted octanol–water partition coefficient (Wildman–Crippen LogP) is 2.40. The molecule has 2 atom stereocenters. The topological polar surface area (TPSA) is 55.1 Å². The molecule has 2 unspecified atom stereocenters. The van der Waals surface area contributed by atoms with Crippen molar-refractivity contribution in [2.24, 2.45) is 5.73 Å². The van der Waals surface area contributed by atoms with Crippen LogP contribution in [0.3, 0.4) is 0 Å². The largest absolute Gasteiger partial charge is 0.348 e. The van der Waals surface area contributed by atoms with Crippen LogP contribution in [0.4, 0.5) is 0 Å². The van der Waals surface area contributed by atoms with Crippen LogP contribution in [0.25, 0.3) is 0 Å². The van der Waals surface area contributed by atoms with E-state index in [9.17, 15) is 4.79 Å². The van der Waals surface area contributed by atoms with Gasteiger partial charge in [0.1, 0.15) is 0 Å². The number of hydrogen-bond donors (Lipinski definition) is 2. The number of carbonyl (C=O) groups is 1. The second-order valence-electron chi connectivity index (χ2n) is 5.06. The molecule has 2 rings (SSSR count). The zero-order valence-electron chi connectivity index (χ0n) is 12.4. The highest BCUT2D eigenvalue weighted by atomic mass is 32.2. The first kappa shape index (κ1) is 15.9. The first-order chi connectivity index (χ1) is 10.3. The SMILES string of the molecule is CCSC1CCCC1NC(=O)c1ccccc1C#CCN. The van der Waals surface area contributed by atoms with Gasteiger partial charge in [-0.3, -0.25) is 4.79 Å². The third kappa shape index (κ3) is 4.26.